The second-order valence-corrected chi connectivity index (χ2v) is 9.16. The van der Waals surface area contributed by atoms with Gasteiger partial charge in [0.2, 0.25) is 34.8 Å². The van der Waals surface area contributed by atoms with Crippen LogP contribution in [0.25, 0.3) is 22.3 Å². The van der Waals surface area contributed by atoms with E-state index in [2.05, 4.69) is 4.18 Å². The van der Waals surface area contributed by atoms with Crippen LogP contribution in [0.3, 0.4) is 0 Å². The van der Waals surface area contributed by atoms with Crippen molar-refractivity contribution in [2.24, 2.45) is 5.73 Å². The molecule has 4 aromatic carbocycles. The summed E-state index contributed by atoms with van der Waals surface area (Å²) >= 11 is 0. The summed E-state index contributed by atoms with van der Waals surface area (Å²) in [5, 5.41) is 0. The first-order valence-corrected chi connectivity index (χ1v) is 11.7. The lowest BCUT2D eigenvalue weighted by Crippen LogP contribution is -2.22. The predicted octanol–water partition coefficient (Wildman–Crippen LogP) is 5.16. The molecule has 0 atom stereocenters. The number of benzene rings is 4. The summed E-state index contributed by atoms with van der Waals surface area (Å²) in [6.45, 7) is 0. The monoisotopic (exact) mass is 534 g/mol. The van der Waals surface area contributed by atoms with Crippen LogP contribution >= 0.6 is 0 Å². The zero-order chi connectivity index (χ0) is 27.1. The van der Waals surface area contributed by atoms with E-state index in [1.54, 1.807) is 24.3 Å². The standard InChI is InChI=1S/C25H15F5N2O4S/c26-18-19(27)21(29)24(22(30)20(18)28)36-37(34,35)16-10-9-15(23(31)17(16)25(32)33)14-8-4-7-13(11-14)12-5-2-1-3-6-12/h1-11H,31H2,(H2,32,33). The number of carbonyl (C=O) groups is 1. The number of anilines is 1. The smallest absolute Gasteiger partial charge is 0.340 e. The molecule has 0 fully saturated rings. The molecule has 4 aromatic rings. The van der Waals surface area contributed by atoms with E-state index in [1.165, 1.54) is 6.07 Å². The molecule has 0 unspecified atom stereocenters. The second-order valence-electron chi connectivity index (χ2n) is 7.65. The summed E-state index contributed by atoms with van der Waals surface area (Å²) in [6, 6.07) is 18.0. The Kier molecular flexibility index (Phi) is 6.61. The molecule has 4 N–H and O–H groups in total. The van der Waals surface area contributed by atoms with Gasteiger partial charge >= 0.3 is 10.1 Å². The highest BCUT2D eigenvalue weighted by molar-refractivity contribution is 7.87. The molecule has 190 valence electrons. The first-order chi connectivity index (χ1) is 17.4. The number of rotatable bonds is 6. The maximum atomic E-state index is 14.0. The van der Waals surface area contributed by atoms with Crippen molar-refractivity contribution >= 4 is 21.7 Å². The Balaban J connectivity index is 1.84. The maximum absolute atomic E-state index is 14.0. The van der Waals surface area contributed by atoms with Gasteiger partial charge in [-0.25, -0.2) is 13.2 Å². The molecule has 0 aromatic heterocycles. The fourth-order valence-corrected chi connectivity index (χ4v) is 4.77. The molecular weight excluding hydrogens is 519 g/mol. The van der Waals surface area contributed by atoms with Crippen LogP contribution in [0.1, 0.15) is 10.4 Å². The highest BCUT2D eigenvalue weighted by Gasteiger charge is 2.33. The van der Waals surface area contributed by atoms with E-state index in [0.29, 0.717) is 5.56 Å². The largest absolute Gasteiger partial charge is 0.398 e. The summed E-state index contributed by atoms with van der Waals surface area (Å²) < 4.78 is 98.3. The van der Waals surface area contributed by atoms with Crippen LogP contribution in [0.5, 0.6) is 5.75 Å². The molecule has 37 heavy (non-hydrogen) atoms. The summed E-state index contributed by atoms with van der Waals surface area (Å²) in [5.74, 6) is -15.8. The van der Waals surface area contributed by atoms with Crippen molar-refractivity contribution in [1.29, 1.82) is 0 Å². The van der Waals surface area contributed by atoms with Gasteiger partial charge in [0.05, 0.1) is 11.3 Å². The van der Waals surface area contributed by atoms with Crippen molar-refractivity contribution in [1.82, 2.24) is 0 Å². The summed E-state index contributed by atoms with van der Waals surface area (Å²) in [4.78, 5) is 11.2. The van der Waals surface area contributed by atoms with Gasteiger partial charge in [0, 0.05) is 5.56 Å². The molecule has 0 bridgehead atoms. The molecule has 6 nitrogen and oxygen atoms in total. The quantitative estimate of drug-likeness (QED) is 0.117. The van der Waals surface area contributed by atoms with Crippen molar-refractivity contribution < 1.29 is 39.3 Å². The van der Waals surface area contributed by atoms with Gasteiger partial charge < -0.3 is 15.7 Å². The Labute approximate surface area is 207 Å². The highest BCUT2D eigenvalue weighted by atomic mass is 32.2. The molecule has 1 amide bonds. The molecule has 12 heteroatoms. The number of hydrogen-bond donors (Lipinski definition) is 2. The minimum Gasteiger partial charge on any atom is -0.398 e. The van der Waals surface area contributed by atoms with Crippen LogP contribution in [0, 0.1) is 29.1 Å². The molecule has 4 rings (SSSR count). The second kappa shape index (κ2) is 9.54. The van der Waals surface area contributed by atoms with Gasteiger partial charge in [0.1, 0.15) is 4.90 Å². The average molecular weight is 534 g/mol. The van der Waals surface area contributed by atoms with Crippen molar-refractivity contribution in [3.8, 4) is 28.0 Å². The molecule has 0 aliphatic heterocycles. The van der Waals surface area contributed by atoms with Gasteiger partial charge in [-0.2, -0.15) is 17.2 Å². The minimum atomic E-state index is -5.37. The van der Waals surface area contributed by atoms with Gasteiger partial charge in [0.25, 0.3) is 5.91 Å². The third-order valence-corrected chi connectivity index (χ3v) is 6.63. The molecule has 0 saturated heterocycles. The van der Waals surface area contributed by atoms with Crippen LogP contribution in [0.15, 0.2) is 71.6 Å². The maximum Gasteiger partial charge on any atom is 0.340 e. The molecule has 0 spiro atoms. The number of primary amides is 1. The number of halogens is 5. The third kappa shape index (κ3) is 4.58. The molecular formula is C25H15F5N2O4S. The SMILES string of the molecule is NC(=O)c1c(S(=O)(=O)Oc2c(F)c(F)c(F)c(F)c2F)ccc(-c2cccc(-c3ccccc3)c2)c1N. The molecule has 0 radical (unpaired) electrons. The van der Waals surface area contributed by atoms with Gasteiger partial charge in [-0.3, -0.25) is 4.79 Å². The van der Waals surface area contributed by atoms with Crippen LogP contribution in [-0.2, 0) is 10.1 Å². The lowest BCUT2D eigenvalue weighted by Gasteiger charge is -2.16. The van der Waals surface area contributed by atoms with E-state index in [9.17, 15) is 35.2 Å². The van der Waals surface area contributed by atoms with E-state index < -0.39 is 67.0 Å². The van der Waals surface area contributed by atoms with Crippen LogP contribution in [-0.4, -0.2) is 14.3 Å². The zero-order valence-corrected chi connectivity index (χ0v) is 19.3. The van der Waals surface area contributed by atoms with E-state index in [4.69, 9.17) is 11.5 Å². The number of nitrogens with two attached hydrogens (primary N) is 2. The summed E-state index contributed by atoms with van der Waals surface area (Å²) in [5.41, 5.74) is 12.5. The number of carbonyl (C=O) groups excluding carboxylic acids is 1. The topological polar surface area (TPSA) is 112 Å². The first kappa shape index (κ1) is 25.6. The zero-order valence-electron chi connectivity index (χ0n) is 18.4. The molecule has 0 saturated carbocycles. The number of nitrogen functional groups attached to an aromatic ring is 1. The minimum absolute atomic E-state index is 0.182. The van der Waals surface area contributed by atoms with Crippen LogP contribution in [0.4, 0.5) is 27.6 Å². The Bertz CT molecular complexity index is 1630. The van der Waals surface area contributed by atoms with E-state index in [0.717, 1.165) is 17.2 Å². The Morgan fingerprint density at radius 2 is 1.24 bits per heavy atom. The Hall–Kier alpha value is -4.45. The number of amides is 1. The van der Waals surface area contributed by atoms with Gasteiger partial charge in [-0.1, -0.05) is 54.6 Å². The van der Waals surface area contributed by atoms with Crippen molar-refractivity contribution in [3.63, 3.8) is 0 Å². The normalized spacial score (nSPS) is 11.4. The lowest BCUT2D eigenvalue weighted by atomic mass is 9.96. The average Bonchev–Trinajstić information content (AvgIpc) is 2.89. The highest BCUT2D eigenvalue weighted by Crippen LogP contribution is 2.37. The first-order valence-electron chi connectivity index (χ1n) is 10.3. The van der Waals surface area contributed by atoms with E-state index >= 15 is 0 Å². The van der Waals surface area contributed by atoms with Gasteiger partial charge in [-0.05, 0) is 28.8 Å². The van der Waals surface area contributed by atoms with E-state index in [1.807, 2.05) is 30.3 Å². The van der Waals surface area contributed by atoms with Gasteiger partial charge in [0.15, 0.2) is 0 Å². The Morgan fingerprint density at radius 1 is 0.703 bits per heavy atom. The van der Waals surface area contributed by atoms with E-state index in [-0.39, 0.29) is 5.56 Å². The predicted molar refractivity (Wildman–Crippen MR) is 124 cm³/mol. The van der Waals surface area contributed by atoms with Crippen LogP contribution in [0.2, 0.25) is 0 Å². The van der Waals surface area contributed by atoms with Crippen LogP contribution < -0.4 is 15.7 Å². The number of hydrogen-bond acceptors (Lipinski definition) is 5. The van der Waals surface area contributed by atoms with Crippen molar-refractivity contribution in [3.05, 3.63) is 101 Å². The molecule has 0 aliphatic carbocycles. The fourth-order valence-electron chi connectivity index (χ4n) is 3.62. The third-order valence-electron chi connectivity index (χ3n) is 5.37. The summed E-state index contributed by atoms with van der Waals surface area (Å²) in [7, 11) is -5.37. The molecule has 0 aliphatic rings. The summed E-state index contributed by atoms with van der Waals surface area (Å²) in [6.07, 6.45) is 0. The molecule has 0 heterocycles. The van der Waals surface area contributed by atoms with Crippen molar-refractivity contribution in [2.75, 3.05) is 5.73 Å². The lowest BCUT2D eigenvalue weighted by molar-refractivity contribution is 0.0998. The van der Waals surface area contributed by atoms with Gasteiger partial charge in [-0.15, -0.1) is 0 Å². The fraction of sp³-hybridized carbons (Fsp3) is 0. The Morgan fingerprint density at radius 3 is 1.84 bits per heavy atom. The van der Waals surface area contributed by atoms with Crippen molar-refractivity contribution in [2.45, 2.75) is 4.90 Å².